The molecule has 1 aliphatic heterocycles. The number of hydrogen-bond acceptors (Lipinski definition) is 7. The van der Waals surface area contributed by atoms with Crippen molar-refractivity contribution < 1.29 is 27.0 Å². The van der Waals surface area contributed by atoms with Gasteiger partial charge < -0.3 is 20.1 Å². The van der Waals surface area contributed by atoms with E-state index in [1.165, 1.54) is 42.9 Å². The molecule has 200 valence electrons. The molecule has 1 aromatic carbocycles. The van der Waals surface area contributed by atoms with Crippen molar-refractivity contribution in [1.82, 2.24) is 19.4 Å². The van der Waals surface area contributed by atoms with E-state index in [0.29, 0.717) is 49.0 Å². The van der Waals surface area contributed by atoms with E-state index in [-0.39, 0.29) is 28.4 Å². The first-order valence-corrected chi connectivity index (χ1v) is 12.2. The van der Waals surface area contributed by atoms with Crippen LogP contribution >= 0.6 is 11.6 Å². The van der Waals surface area contributed by atoms with Crippen LogP contribution in [0.25, 0.3) is 16.8 Å². The zero-order valence-corrected chi connectivity index (χ0v) is 20.9. The van der Waals surface area contributed by atoms with Crippen molar-refractivity contribution in [1.29, 1.82) is 0 Å². The van der Waals surface area contributed by atoms with Gasteiger partial charge in [-0.2, -0.15) is 0 Å². The maximum Gasteiger partial charge on any atom is 0.573 e. The highest BCUT2D eigenvalue weighted by molar-refractivity contribution is 6.31. The molecule has 0 radical (unpaired) electrons. The standard InChI is InChI=1S/C25H23ClF4N6O2/c1-2-35(8-7-31)24-32-11-14(12-33-24)15-13-36-20(10-17(15)27)34-18-6-9-37-23(22(18)36)21-16(26)4-3-5-19(21)38-25(28,29)30/h3-5,10-13,23H,2,6-9,31H2,1H3. The Balaban J connectivity index is 1.61. The maximum atomic E-state index is 15.2. The van der Waals surface area contributed by atoms with Crippen LogP contribution in [-0.4, -0.2) is 52.0 Å². The molecular formula is C25H23ClF4N6O2. The Hall–Kier alpha value is -3.48. The number of nitrogens with two attached hydrogens (primary N) is 1. The highest BCUT2D eigenvalue weighted by atomic mass is 35.5. The van der Waals surface area contributed by atoms with Gasteiger partial charge in [0.15, 0.2) is 0 Å². The smallest absolute Gasteiger partial charge is 0.405 e. The minimum atomic E-state index is -4.93. The van der Waals surface area contributed by atoms with Gasteiger partial charge in [-0.25, -0.2) is 19.3 Å². The average Bonchev–Trinajstić information content (AvgIpc) is 3.24. The van der Waals surface area contributed by atoms with Gasteiger partial charge in [0, 0.05) is 67.4 Å². The molecule has 0 spiro atoms. The SMILES string of the molecule is CCN(CCN)c1ncc(-c2cn3c4c(nc3cc2F)CCOC4c2c(Cl)cccc2OC(F)(F)F)cn1. The maximum absolute atomic E-state index is 15.2. The molecule has 1 atom stereocenters. The minimum Gasteiger partial charge on any atom is -0.405 e. The number of hydrogen-bond donors (Lipinski definition) is 1. The zero-order valence-electron chi connectivity index (χ0n) is 20.2. The Bertz CT molecular complexity index is 1460. The Kier molecular flexibility index (Phi) is 7.12. The van der Waals surface area contributed by atoms with Crippen molar-refractivity contribution in [2.24, 2.45) is 5.73 Å². The van der Waals surface area contributed by atoms with Crippen LogP contribution < -0.4 is 15.4 Å². The summed E-state index contributed by atoms with van der Waals surface area (Å²) < 4.78 is 66.4. The molecule has 4 heterocycles. The Morgan fingerprint density at radius 3 is 2.71 bits per heavy atom. The molecule has 3 aromatic heterocycles. The summed E-state index contributed by atoms with van der Waals surface area (Å²) in [4.78, 5) is 15.1. The predicted molar refractivity (Wildman–Crippen MR) is 133 cm³/mol. The lowest BCUT2D eigenvalue weighted by Crippen LogP contribution is -2.30. The summed E-state index contributed by atoms with van der Waals surface area (Å²) in [5.41, 5.74) is 7.51. The van der Waals surface area contributed by atoms with E-state index in [9.17, 15) is 13.2 Å². The number of alkyl halides is 3. The Morgan fingerprint density at radius 1 is 1.26 bits per heavy atom. The van der Waals surface area contributed by atoms with Gasteiger partial charge in [-0.3, -0.25) is 4.40 Å². The van der Waals surface area contributed by atoms with Gasteiger partial charge in [0.1, 0.15) is 23.3 Å². The molecule has 0 amide bonds. The first-order valence-electron chi connectivity index (χ1n) is 11.8. The highest BCUT2D eigenvalue weighted by Crippen LogP contribution is 2.43. The third-order valence-electron chi connectivity index (χ3n) is 6.21. The number of nitrogens with zero attached hydrogens (tertiary/aromatic N) is 5. The Morgan fingerprint density at radius 2 is 2.03 bits per heavy atom. The summed E-state index contributed by atoms with van der Waals surface area (Å²) in [5, 5.41) is 0.0313. The third-order valence-corrected chi connectivity index (χ3v) is 6.54. The van der Waals surface area contributed by atoms with Crippen molar-refractivity contribution in [3.8, 4) is 16.9 Å². The lowest BCUT2D eigenvalue weighted by Gasteiger charge is -2.26. The summed E-state index contributed by atoms with van der Waals surface area (Å²) >= 11 is 6.36. The van der Waals surface area contributed by atoms with E-state index in [0.717, 1.165) is 0 Å². The van der Waals surface area contributed by atoms with Gasteiger partial charge in [-0.15, -0.1) is 13.2 Å². The molecule has 5 rings (SSSR count). The lowest BCUT2D eigenvalue weighted by atomic mass is 10.0. The van der Waals surface area contributed by atoms with Crippen molar-refractivity contribution in [3.05, 3.63) is 70.6 Å². The molecule has 0 fully saturated rings. The number of ether oxygens (including phenoxy) is 2. The van der Waals surface area contributed by atoms with Crippen molar-refractivity contribution in [2.75, 3.05) is 31.1 Å². The first kappa shape index (κ1) is 26.1. The van der Waals surface area contributed by atoms with E-state index >= 15 is 4.39 Å². The number of halogens is 5. The van der Waals surface area contributed by atoms with E-state index in [1.54, 1.807) is 4.40 Å². The van der Waals surface area contributed by atoms with Crippen LogP contribution in [0.1, 0.15) is 30.0 Å². The summed E-state index contributed by atoms with van der Waals surface area (Å²) in [6, 6.07) is 5.24. The van der Waals surface area contributed by atoms with Gasteiger partial charge >= 0.3 is 6.36 Å². The molecule has 38 heavy (non-hydrogen) atoms. The van der Waals surface area contributed by atoms with Crippen LogP contribution in [0.2, 0.25) is 5.02 Å². The van der Waals surface area contributed by atoms with Crippen LogP contribution in [-0.2, 0) is 11.2 Å². The topological polar surface area (TPSA) is 90.8 Å². The summed E-state index contributed by atoms with van der Waals surface area (Å²) in [5.74, 6) is -0.573. The molecule has 0 saturated carbocycles. The predicted octanol–water partition coefficient (Wildman–Crippen LogP) is 4.93. The number of rotatable bonds is 7. The summed E-state index contributed by atoms with van der Waals surface area (Å²) in [7, 11) is 0. The largest absolute Gasteiger partial charge is 0.573 e. The third kappa shape index (κ3) is 4.98. The van der Waals surface area contributed by atoms with E-state index in [4.69, 9.17) is 22.1 Å². The molecule has 1 unspecified atom stereocenters. The molecule has 0 bridgehead atoms. The number of pyridine rings is 1. The first-order chi connectivity index (χ1) is 18.2. The van der Waals surface area contributed by atoms with Crippen LogP contribution in [0.4, 0.5) is 23.5 Å². The molecule has 4 aromatic rings. The fraction of sp³-hybridized carbons (Fsp3) is 0.320. The van der Waals surface area contributed by atoms with E-state index in [2.05, 4.69) is 19.7 Å². The van der Waals surface area contributed by atoms with Gasteiger partial charge in [-0.05, 0) is 19.1 Å². The molecule has 13 heteroatoms. The number of aromatic nitrogens is 4. The highest BCUT2D eigenvalue weighted by Gasteiger charge is 2.37. The lowest BCUT2D eigenvalue weighted by molar-refractivity contribution is -0.275. The molecule has 1 aliphatic rings. The van der Waals surface area contributed by atoms with Gasteiger partial charge in [0.25, 0.3) is 0 Å². The molecular weight excluding hydrogens is 528 g/mol. The van der Waals surface area contributed by atoms with Crippen LogP contribution in [0.5, 0.6) is 5.75 Å². The number of fused-ring (bicyclic) bond motifs is 3. The average molecular weight is 551 g/mol. The second-order valence-electron chi connectivity index (χ2n) is 8.55. The van der Waals surface area contributed by atoms with Crippen molar-refractivity contribution in [2.45, 2.75) is 25.8 Å². The monoisotopic (exact) mass is 550 g/mol. The van der Waals surface area contributed by atoms with E-state index in [1.807, 2.05) is 11.8 Å². The fourth-order valence-corrected chi connectivity index (χ4v) is 4.81. The van der Waals surface area contributed by atoms with Gasteiger partial charge in [-0.1, -0.05) is 17.7 Å². The summed E-state index contributed by atoms with van der Waals surface area (Å²) in [6.45, 7) is 3.79. The quantitative estimate of drug-likeness (QED) is 0.326. The number of benzene rings is 1. The van der Waals surface area contributed by atoms with Crippen LogP contribution in [0, 0.1) is 5.82 Å². The minimum absolute atomic E-state index is 0.00682. The molecule has 0 aliphatic carbocycles. The van der Waals surface area contributed by atoms with Gasteiger partial charge in [0.05, 0.1) is 23.0 Å². The fourth-order valence-electron chi connectivity index (χ4n) is 4.54. The molecule has 0 saturated heterocycles. The van der Waals surface area contributed by atoms with Crippen LogP contribution in [0.3, 0.4) is 0 Å². The summed E-state index contributed by atoms with van der Waals surface area (Å²) in [6.07, 6.45) is -1.06. The van der Waals surface area contributed by atoms with Crippen molar-refractivity contribution >= 4 is 23.2 Å². The van der Waals surface area contributed by atoms with Crippen LogP contribution in [0.15, 0.2) is 42.9 Å². The zero-order chi connectivity index (χ0) is 27.0. The Labute approximate surface area is 220 Å². The molecule has 2 N–H and O–H groups in total. The second-order valence-corrected chi connectivity index (χ2v) is 8.95. The normalized spacial score (nSPS) is 15.5. The second kappa shape index (κ2) is 10.4. The van der Waals surface area contributed by atoms with Gasteiger partial charge in [0.2, 0.25) is 5.95 Å². The van der Waals surface area contributed by atoms with E-state index < -0.39 is 24.0 Å². The number of likely N-dealkylation sites (N-methyl/N-ethyl adjacent to an activating group) is 1. The molecule has 8 nitrogen and oxygen atoms in total. The van der Waals surface area contributed by atoms with Crippen molar-refractivity contribution in [3.63, 3.8) is 0 Å². The number of anilines is 1. The number of imidazole rings is 1.